The molecule has 2 N–H and O–H groups in total. The summed E-state index contributed by atoms with van der Waals surface area (Å²) >= 11 is 0. The van der Waals surface area contributed by atoms with Crippen molar-refractivity contribution in [2.24, 2.45) is 0 Å². The minimum atomic E-state index is -3.79. The first-order chi connectivity index (χ1) is 10.0. The molecule has 7 nitrogen and oxygen atoms in total. The highest BCUT2D eigenvalue weighted by molar-refractivity contribution is 7.92. The first kappa shape index (κ1) is 15.2. The Morgan fingerprint density at radius 1 is 1.19 bits per heavy atom. The van der Waals surface area contributed by atoms with Gasteiger partial charge in [-0.2, -0.15) is 8.42 Å². The largest absolute Gasteiger partial charge is 0.478 e. The van der Waals surface area contributed by atoms with Gasteiger partial charge in [-0.25, -0.2) is 9.97 Å². The van der Waals surface area contributed by atoms with Crippen LogP contribution in [0.2, 0.25) is 0 Å². The third kappa shape index (κ3) is 3.89. The van der Waals surface area contributed by atoms with Gasteiger partial charge < -0.3 is 9.84 Å². The highest BCUT2D eigenvalue weighted by Gasteiger charge is 2.15. The van der Waals surface area contributed by atoms with Crippen molar-refractivity contribution in [3.63, 3.8) is 0 Å². The normalized spacial score (nSPS) is 11.1. The van der Waals surface area contributed by atoms with E-state index in [0.29, 0.717) is 23.7 Å². The second kappa shape index (κ2) is 6.51. The van der Waals surface area contributed by atoms with Crippen molar-refractivity contribution in [2.45, 2.75) is 18.6 Å². The van der Waals surface area contributed by atoms with Crippen LogP contribution in [0.1, 0.15) is 12.5 Å². The van der Waals surface area contributed by atoms with E-state index in [9.17, 15) is 8.42 Å². The van der Waals surface area contributed by atoms with Crippen molar-refractivity contribution in [3.05, 3.63) is 42.2 Å². The molecule has 0 atom stereocenters. The molecule has 0 aliphatic carbocycles. The van der Waals surface area contributed by atoms with E-state index in [0.717, 1.165) is 0 Å². The fraction of sp³-hybridized carbons (Fsp3) is 0.231. The van der Waals surface area contributed by atoms with E-state index in [4.69, 9.17) is 9.84 Å². The van der Waals surface area contributed by atoms with Gasteiger partial charge in [0.25, 0.3) is 10.0 Å². The molecule has 21 heavy (non-hydrogen) atoms. The van der Waals surface area contributed by atoms with Crippen LogP contribution in [0.25, 0.3) is 0 Å². The number of rotatable bonds is 6. The number of anilines is 1. The molecule has 0 fully saturated rings. The molecule has 0 aliphatic heterocycles. The predicted octanol–water partition coefficient (Wildman–Crippen LogP) is 1.17. The van der Waals surface area contributed by atoms with Gasteiger partial charge >= 0.3 is 0 Å². The highest BCUT2D eigenvalue weighted by atomic mass is 32.2. The summed E-state index contributed by atoms with van der Waals surface area (Å²) in [5.41, 5.74) is 0.850. The fourth-order valence-corrected chi connectivity index (χ4v) is 2.52. The number of aromatic nitrogens is 2. The summed E-state index contributed by atoms with van der Waals surface area (Å²) in [5, 5.41) is 8.78. The smallest absolute Gasteiger partial charge is 0.279 e. The zero-order valence-corrected chi connectivity index (χ0v) is 12.2. The van der Waals surface area contributed by atoms with E-state index >= 15 is 0 Å². The molecule has 8 heteroatoms. The number of nitrogens with zero attached hydrogens (tertiary/aromatic N) is 2. The second-order valence-corrected chi connectivity index (χ2v) is 5.72. The molecular formula is C13H15N3O4S. The highest BCUT2D eigenvalue weighted by Crippen LogP contribution is 2.16. The van der Waals surface area contributed by atoms with Crippen LogP contribution >= 0.6 is 0 Å². The van der Waals surface area contributed by atoms with E-state index in [-0.39, 0.29) is 11.6 Å². The SMILES string of the molecule is CCOc1ccc(NS(=O)(=O)c2ccc(CO)cn2)cn1. The topological polar surface area (TPSA) is 101 Å². The zero-order valence-electron chi connectivity index (χ0n) is 11.4. The minimum absolute atomic E-state index is 0.131. The summed E-state index contributed by atoms with van der Waals surface area (Å²) in [5.74, 6) is 0.422. The van der Waals surface area contributed by atoms with Gasteiger partial charge in [0.1, 0.15) is 0 Å². The van der Waals surface area contributed by atoms with E-state index in [1.165, 1.54) is 24.5 Å². The van der Waals surface area contributed by atoms with Crippen LogP contribution in [0.4, 0.5) is 5.69 Å². The quantitative estimate of drug-likeness (QED) is 0.830. The van der Waals surface area contributed by atoms with Gasteiger partial charge in [-0.3, -0.25) is 4.72 Å². The minimum Gasteiger partial charge on any atom is -0.478 e. The third-order valence-electron chi connectivity index (χ3n) is 2.54. The van der Waals surface area contributed by atoms with Crippen LogP contribution in [-0.2, 0) is 16.6 Å². The summed E-state index contributed by atoms with van der Waals surface area (Å²) in [6.07, 6.45) is 2.68. The van der Waals surface area contributed by atoms with Gasteiger partial charge in [-0.15, -0.1) is 0 Å². The maximum absolute atomic E-state index is 12.1. The molecule has 0 saturated heterocycles. The summed E-state index contributed by atoms with van der Waals surface area (Å²) in [6, 6.07) is 5.95. The van der Waals surface area contributed by atoms with Crippen molar-refractivity contribution in [2.75, 3.05) is 11.3 Å². The Morgan fingerprint density at radius 3 is 2.52 bits per heavy atom. The average molecular weight is 309 g/mol. The van der Waals surface area contributed by atoms with Gasteiger partial charge in [0.05, 0.1) is 25.1 Å². The fourth-order valence-electron chi connectivity index (χ4n) is 1.54. The molecule has 0 radical (unpaired) electrons. The lowest BCUT2D eigenvalue weighted by atomic mass is 10.3. The first-order valence-corrected chi connectivity index (χ1v) is 7.71. The van der Waals surface area contributed by atoms with Gasteiger partial charge in [0.2, 0.25) is 5.88 Å². The molecule has 112 valence electrons. The molecule has 2 aromatic rings. The van der Waals surface area contributed by atoms with Crippen LogP contribution in [-0.4, -0.2) is 30.1 Å². The summed E-state index contributed by atoms with van der Waals surface area (Å²) in [6.45, 7) is 2.13. The van der Waals surface area contributed by atoms with Crippen molar-refractivity contribution in [3.8, 4) is 5.88 Å². The number of ether oxygens (including phenoxy) is 1. The van der Waals surface area contributed by atoms with Crippen LogP contribution in [0.15, 0.2) is 41.7 Å². The monoisotopic (exact) mass is 309 g/mol. The summed E-state index contributed by atoms with van der Waals surface area (Å²) in [4.78, 5) is 7.78. The lowest BCUT2D eigenvalue weighted by Gasteiger charge is -2.08. The number of aliphatic hydroxyl groups is 1. The van der Waals surface area contributed by atoms with Crippen LogP contribution in [0.3, 0.4) is 0 Å². The van der Waals surface area contributed by atoms with E-state index in [1.54, 1.807) is 12.1 Å². The number of hydrogen-bond acceptors (Lipinski definition) is 6. The van der Waals surface area contributed by atoms with Crippen molar-refractivity contribution in [1.82, 2.24) is 9.97 Å². The molecule has 2 rings (SSSR count). The number of sulfonamides is 1. The Labute approximate surface area is 122 Å². The standard InChI is InChI=1S/C13H15N3O4S/c1-2-20-12-5-4-11(8-14-12)16-21(18,19)13-6-3-10(9-17)7-15-13/h3-8,16-17H,2,9H2,1H3. The maximum Gasteiger partial charge on any atom is 0.279 e. The third-order valence-corrected chi connectivity index (χ3v) is 3.83. The zero-order chi connectivity index (χ0) is 15.3. The van der Waals surface area contributed by atoms with Crippen LogP contribution in [0, 0.1) is 0 Å². The first-order valence-electron chi connectivity index (χ1n) is 6.22. The number of hydrogen-bond donors (Lipinski definition) is 2. The number of pyridine rings is 2. The summed E-state index contributed by atoms with van der Waals surface area (Å²) < 4.78 is 31.8. The lowest BCUT2D eigenvalue weighted by molar-refractivity contribution is 0.281. The molecule has 0 amide bonds. The second-order valence-electron chi connectivity index (χ2n) is 4.09. The van der Waals surface area contributed by atoms with E-state index in [1.807, 2.05) is 6.92 Å². The van der Waals surface area contributed by atoms with Gasteiger partial charge in [0, 0.05) is 12.3 Å². The maximum atomic E-state index is 12.1. The van der Waals surface area contributed by atoms with Crippen molar-refractivity contribution >= 4 is 15.7 Å². The lowest BCUT2D eigenvalue weighted by Crippen LogP contribution is -2.14. The Morgan fingerprint density at radius 2 is 2.00 bits per heavy atom. The molecular weight excluding hydrogens is 294 g/mol. The average Bonchev–Trinajstić information content (AvgIpc) is 2.49. The molecule has 0 aromatic carbocycles. The van der Waals surface area contributed by atoms with Crippen LogP contribution < -0.4 is 9.46 Å². The van der Waals surface area contributed by atoms with Gasteiger partial charge in [-0.05, 0) is 24.6 Å². The molecule has 0 bridgehead atoms. The Hall–Kier alpha value is -2.19. The Bertz CT molecular complexity index is 684. The number of aliphatic hydroxyl groups excluding tert-OH is 1. The molecule has 0 aliphatic rings. The van der Waals surface area contributed by atoms with Crippen LogP contribution in [0.5, 0.6) is 5.88 Å². The van der Waals surface area contributed by atoms with Crippen molar-refractivity contribution < 1.29 is 18.3 Å². The van der Waals surface area contributed by atoms with E-state index < -0.39 is 10.0 Å². The molecule has 0 spiro atoms. The Balaban J connectivity index is 2.16. The molecule has 0 unspecified atom stereocenters. The molecule has 2 aromatic heterocycles. The predicted molar refractivity (Wildman–Crippen MR) is 76.4 cm³/mol. The van der Waals surface area contributed by atoms with Gasteiger partial charge in [0.15, 0.2) is 5.03 Å². The van der Waals surface area contributed by atoms with Gasteiger partial charge in [-0.1, -0.05) is 6.07 Å². The van der Waals surface area contributed by atoms with Crippen molar-refractivity contribution in [1.29, 1.82) is 0 Å². The molecule has 2 heterocycles. The summed E-state index contributed by atoms with van der Waals surface area (Å²) in [7, 11) is -3.79. The van der Waals surface area contributed by atoms with E-state index in [2.05, 4.69) is 14.7 Å². The Kier molecular flexibility index (Phi) is 4.71. The molecule has 0 saturated carbocycles. The number of nitrogens with one attached hydrogen (secondary N) is 1.